The number of nitrogens with two attached hydrogens (primary N) is 1. The third-order valence-corrected chi connectivity index (χ3v) is 3.09. The summed E-state index contributed by atoms with van der Waals surface area (Å²) in [5.74, 6) is -0.514. The first-order chi connectivity index (χ1) is 9.99. The van der Waals surface area contributed by atoms with Crippen molar-refractivity contribution >= 4 is 18.3 Å². The van der Waals surface area contributed by atoms with E-state index in [-0.39, 0.29) is 29.5 Å². The lowest BCUT2D eigenvalue weighted by atomic mass is 9.87. The number of alkyl halides is 3. The van der Waals surface area contributed by atoms with Crippen LogP contribution in [0.4, 0.5) is 13.2 Å². The van der Waals surface area contributed by atoms with Crippen LogP contribution in [0, 0.1) is 5.41 Å². The summed E-state index contributed by atoms with van der Waals surface area (Å²) in [5, 5.41) is 2.72. The zero-order valence-electron chi connectivity index (χ0n) is 13.2. The smallest absolute Gasteiger partial charge is 0.406 e. The molecule has 1 aromatic carbocycles. The van der Waals surface area contributed by atoms with Crippen molar-refractivity contribution in [3.63, 3.8) is 0 Å². The second kappa shape index (κ2) is 8.40. The van der Waals surface area contributed by atoms with Crippen LogP contribution < -0.4 is 15.8 Å². The number of halogens is 4. The number of nitrogens with one attached hydrogen (secondary N) is 1. The van der Waals surface area contributed by atoms with Gasteiger partial charge in [-0.15, -0.1) is 25.6 Å². The Morgan fingerprint density at radius 1 is 1.22 bits per heavy atom. The molecule has 0 aliphatic heterocycles. The average molecular weight is 355 g/mol. The minimum atomic E-state index is -4.70. The largest absolute Gasteiger partial charge is 0.573 e. The summed E-state index contributed by atoms with van der Waals surface area (Å²) in [6, 6.07) is 4.92. The lowest BCUT2D eigenvalue weighted by Gasteiger charge is -2.25. The van der Waals surface area contributed by atoms with Crippen LogP contribution in [0.15, 0.2) is 24.3 Å². The van der Waals surface area contributed by atoms with Gasteiger partial charge in [0.25, 0.3) is 0 Å². The topological polar surface area (TPSA) is 64.4 Å². The van der Waals surface area contributed by atoms with E-state index in [0.717, 1.165) is 5.56 Å². The highest BCUT2D eigenvalue weighted by Crippen LogP contribution is 2.22. The molecule has 0 radical (unpaired) electrons. The number of benzene rings is 1. The maximum atomic E-state index is 12.0. The van der Waals surface area contributed by atoms with Crippen molar-refractivity contribution in [3.8, 4) is 5.75 Å². The highest BCUT2D eigenvalue weighted by molar-refractivity contribution is 5.85. The second-order valence-electron chi connectivity index (χ2n) is 6.08. The summed E-state index contributed by atoms with van der Waals surface area (Å²) in [7, 11) is 0. The van der Waals surface area contributed by atoms with Gasteiger partial charge in [0.15, 0.2) is 0 Å². The summed E-state index contributed by atoms with van der Waals surface area (Å²) in [6.45, 7) is 5.98. The van der Waals surface area contributed by atoms with E-state index >= 15 is 0 Å². The van der Waals surface area contributed by atoms with Crippen molar-refractivity contribution in [3.05, 3.63) is 29.8 Å². The second-order valence-corrected chi connectivity index (χ2v) is 6.08. The fraction of sp³-hybridized carbons (Fsp3) is 0.533. The summed E-state index contributed by atoms with van der Waals surface area (Å²) < 4.78 is 39.9. The molecule has 0 aliphatic rings. The number of amides is 1. The molecule has 0 saturated carbocycles. The molecule has 1 aromatic rings. The van der Waals surface area contributed by atoms with Gasteiger partial charge < -0.3 is 15.8 Å². The number of rotatable bonds is 5. The maximum Gasteiger partial charge on any atom is 0.573 e. The van der Waals surface area contributed by atoms with Gasteiger partial charge in [-0.2, -0.15) is 0 Å². The molecule has 0 aliphatic carbocycles. The van der Waals surface area contributed by atoms with Crippen molar-refractivity contribution in [1.29, 1.82) is 0 Å². The van der Waals surface area contributed by atoms with Crippen LogP contribution in [-0.4, -0.2) is 24.9 Å². The number of hydrogen-bond acceptors (Lipinski definition) is 3. The maximum absolute atomic E-state index is 12.0. The zero-order valence-corrected chi connectivity index (χ0v) is 14.1. The van der Waals surface area contributed by atoms with E-state index in [2.05, 4.69) is 10.1 Å². The van der Waals surface area contributed by atoms with Crippen LogP contribution in [0.5, 0.6) is 5.75 Å². The predicted octanol–water partition coefficient (Wildman–Crippen LogP) is 3.04. The SMILES string of the molecule is CC(C)(C)[C@H](N)C(=O)NCCc1ccc(OC(F)(F)F)cc1.Cl. The quantitative estimate of drug-likeness (QED) is 0.854. The van der Waals surface area contributed by atoms with Gasteiger partial charge >= 0.3 is 6.36 Å². The van der Waals surface area contributed by atoms with E-state index < -0.39 is 12.4 Å². The van der Waals surface area contributed by atoms with Crippen LogP contribution in [0.3, 0.4) is 0 Å². The molecule has 23 heavy (non-hydrogen) atoms. The predicted molar refractivity (Wildman–Crippen MR) is 84.5 cm³/mol. The van der Waals surface area contributed by atoms with Gasteiger partial charge in [0, 0.05) is 6.54 Å². The Bertz CT molecular complexity index is 499. The van der Waals surface area contributed by atoms with Crippen molar-refractivity contribution in [1.82, 2.24) is 5.32 Å². The van der Waals surface area contributed by atoms with E-state index in [4.69, 9.17) is 5.73 Å². The molecule has 8 heteroatoms. The molecule has 0 saturated heterocycles. The van der Waals surface area contributed by atoms with Crippen LogP contribution in [-0.2, 0) is 11.2 Å². The highest BCUT2D eigenvalue weighted by atomic mass is 35.5. The molecular weight excluding hydrogens is 333 g/mol. The molecule has 0 heterocycles. The fourth-order valence-electron chi connectivity index (χ4n) is 1.69. The van der Waals surface area contributed by atoms with Gasteiger partial charge in [-0.1, -0.05) is 32.9 Å². The number of hydrogen-bond donors (Lipinski definition) is 2. The van der Waals surface area contributed by atoms with E-state index in [1.807, 2.05) is 20.8 Å². The Balaban J connectivity index is 0.00000484. The molecule has 132 valence electrons. The molecule has 0 aromatic heterocycles. The van der Waals surface area contributed by atoms with Gasteiger partial charge in [0.1, 0.15) is 5.75 Å². The van der Waals surface area contributed by atoms with Crippen LogP contribution in [0.1, 0.15) is 26.3 Å². The van der Waals surface area contributed by atoms with Gasteiger partial charge in [-0.25, -0.2) is 0 Å². The number of carbonyl (C=O) groups excluding carboxylic acids is 1. The Morgan fingerprint density at radius 2 is 1.74 bits per heavy atom. The van der Waals surface area contributed by atoms with Crippen molar-refractivity contribution < 1.29 is 22.7 Å². The number of carbonyl (C=O) groups is 1. The molecule has 0 unspecified atom stereocenters. The van der Waals surface area contributed by atoms with Crippen LogP contribution in [0.25, 0.3) is 0 Å². The first-order valence-electron chi connectivity index (χ1n) is 6.87. The highest BCUT2D eigenvalue weighted by Gasteiger charge is 2.31. The van der Waals surface area contributed by atoms with Crippen molar-refractivity contribution in [2.24, 2.45) is 11.1 Å². The molecule has 4 nitrogen and oxygen atoms in total. The van der Waals surface area contributed by atoms with E-state index in [9.17, 15) is 18.0 Å². The van der Waals surface area contributed by atoms with Gasteiger partial charge in [0.2, 0.25) is 5.91 Å². The minimum absolute atomic E-state index is 0. The molecule has 3 N–H and O–H groups in total. The molecule has 1 rings (SSSR count). The third-order valence-electron chi connectivity index (χ3n) is 3.09. The Hall–Kier alpha value is -1.47. The van der Waals surface area contributed by atoms with E-state index in [1.54, 1.807) is 0 Å². The normalized spacial score (nSPS) is 13.0. The molecule has 0 bridgehead atoms. The number of ether oxygens (including phenoxy) is 1. The van der Waals surface area contributed by atoms with Gasteiger partial charge in [0.05, 0.1) is 6.04 Å². The molecule has 0 spiro atoms. The molecule has 1 atom stereocenters. The Kier molecular flexibility index (Phi) is 7.86. The van der Waals surface area contributed by atoms with E-state index in [0.29, 0.717) is 13.0 Å². The summed E-state index contributed by atoms with van der Waals surface area (Å²) in [6.07, 6.45) is -4.20. The van der Waals surface area contributed by atoms with E-state index in [1.165, 1.54) is 24.3 Å². The molecular formula is C15H22ClF3N2O2. The fourth-order valence-corrected chi connectivity index (χ4v) is 1.69. The first-order valence-corrected chi connectivity index (χ1v) is 6.87. The molecule has 0 fully saturated rings. The summed E-state index contributed by atoms with van der Waals surface area (Å²) >= 11 is 0. The van der Waals surface area contributed by atoms with Gasteiger partial charge in [-0.05, 0) is 29.5 Å². The summed E-state index contributed by atoms with van der Waals surface area (Å²) in [5.41, 5.74) is 6.28. The van der Waals surface area contributed by atoms with Crippen molar-refractivity contribution in [2.75, 3.05) is 6.54 Å². The lowest BCUT2D eigenvalue weighted by molar-refractivity contribution is -0.274. The van der Waals surface area contributed by atoms with Crippen LogP contribution in [0.2, 0.25) is 0 Å². The Labute approximate surface area is 140 Å². The minimum Gasteiger partial charge on any atom is -0.406 e. The average Bonchev–Trinajstić information content (AvgIpc) is 2.37. The van der Waals surface area contributed by atoms with Gasteiger partial charge in [-0.3, -0.25) is 4.79 Å². The summed E-state index contributed by atoms with van der Waals surface area (Å²) in [4.78, 5) is 11.8. The molecule has 1 amide bonds. The first kappa shape index (κ1) is 21.5. The van der Waals surface area contributed by atoms with Crippen LogP contribution >= 0.6 is 12.4 Å². The Morgan fingerprint density at radius 3 is 2.17 bits per heavy atom. The monoisotopic (exact) mass is 354 g/mol. The van der Waals surface area contributed by atoms with Crippen molar-refractivity contribution in [2.45, 2.75) is 39.6 Å². The third kappa shape index (κ3) is 8.08. The lowest BCUT2D eigenvalue weighted by Crippen LogP contribution is -2.48. The standard InChI is InChI=1S/C15H21F3N2O2.ClH/c1-14(2,3)12(19)13(21)20-9-8-10-4-6-11(7-5-10)22-15(16,17)18;/h4-7,12H,8-9,19H2,1-3H3,(H,20,21);1H/t12-;/m1./s1. The zero-order chi connectivity index (χ0) is 17.0.